The first kappa shape index (κ1) is 31.9. The molecule has 0 aromatic heterocycles. The van der Waals surface area contributed by atoms with Crippen LogP contribution >= 0.6 is 0 Å². The van der Waals surface area contributed by atoms with Gasteiger partial charge in [0.2, 0.25) is 11.8 Å². The number of imide groups is 1. The van der Waals surface area contributed by atoms with E-state index in [1.54, 1.807) is 0 Å². The van der Waals surface area contributed by atoms with Gasteiger partial charge in [0, 0.05) is 6.42 Å². The molecule has 0 aromatic carbocycles. The van der Waals surface area contributed by atoms with E-state index in [4.69, 9.17) is 0 Å². The zero-order valence-corrected chi connectivity index (χ0v) is 23.6. The molecule has 1 saturated heterocycles. The van der Waals surface area contributed by atoms with Gasteiger partial charge in [-0.05, 0) is 25.7 Å². The molecule has 0 aromatic rings. The van der Waals surface area contributed by atoms with E-state index in [1.807, 2.05) is 0 Å². The van der Waals surface area contributed by atoms with Crippen molar-refractivity contribution in [3.63, 3.8) is 0 Å². The van der Waals surface area contributed by atoms with E-state index in [-0.39, 0.29) is 17.7 Å². The molecule has 204 valence electrons. The van der Waals surface area contributed by atoms with Crippen LogP contribution in [0.15, 0.2) is 11.6 Å². The number of unbranched alkanes of at least 4 members (excludes halogenated alkanes) is 21. The topological polar surface area (TPSA) is 46.2 Å². The summed E-state index contributed by atoms with van der Waals surface area (Å²) in [5.74, 6) is -0.360. The second-order valence-electron chi connectivity index (χ2n) is 11.1. The van der Waals surface area contributed by atoms with Crippen LogP contribution in [-0.2, 0) is 9.59 Å². The van der Waals surface area contributed by atoms with Gasteiger partial charge in [-0.1, -0.05) is 154 Å². The highest BCUT2D eigenvalue weighted by Gasteiger charge is 2.32. The Morgan fingerprint density at radius 2 is 1.03 bits per heavy atom. The third kappa shape index (κ3) is 17.9. The molecule has 1 atom stereocenters. The Morgan fingerprint density at radius 1 is 0.629 bits per heavy atom. The van der Waals surface area contributed by atoms with Crippen LogP contribution in [0.2, 0.25) is 0 Å². The summed E-state index contributed by atoms with van der Waals surface area (Å²) in [5, 5.41) is 2.52. The molecule has 1 rings (SSSR count). The molecule has 1 fully saturated rings. The zero-order valence-electron chi connectivity index (χ0n) is 23.6. The van der Waals surface area contributed by atoms with Crippen LogP contribution in [0.4, 0.5) is 0 Å². The Bertz CT molecular complexity index is 554. The summed E-state index contributed by atoms with van der Waals surface area (Å²) in [5.41, 5.74) is 1.23. The van der Waals surface area contributed by atoms with Crippen molar-refractivity contribution in [2.45, 2.75) is 174 Å². The van der Waals surface area contributed by atoms with Crippen LogP contribution in [0.1, 0.15) is 174 Å². The van der Waals surface area contributed by atoms with Crippen LogP contribution in [0, 0.1) is 5.92 Å². The van der Waals surface area contributed by atoms with Gasteiger partial charge in [-0.25, -0.2) is 0 Å². The van der Waals surface area contributed by atoms with Gasteiger partial charge in [-0.3, -0.25) is 14.9 Å². The first-order valence-corrected chi connectivity index (χ1v) is 15.7. The van der Waals surface area contributed by atoms with Crippen molar-refractivity contribution < 1.29 is 9.59 Å². The van der Waals surface area contributed by atoms with Gasteiger partial charge < -0.3 is 0 Å². The largest absolute Gasteiger partial charge is 0.296 e. The number of nitrogens with one attached hydrogen (secondary N) is 1. The van der Waals surface area contributed by atoms with Gasteiger partial charge in [-0.15, -0.1) is 0 Å². The van der Waals surface area contributed by atoms with Gasteiger partial charge in [0.15, 0.2) is 0 Å². The van der Waals surface area contributed by atoms with Crippen LogP contribution in [-0.4, -0.2) is 11.8 Å². The second kappa shape index (κ2) is 23.3. The predicted molar refractivity (Wildman–Crippen MR) is 151 cm³/mol. The fraction of sp³-hybridized carbons (Fsp3) is 0.875. The molecule has 1 heterocycles. The average molecular weight is 490 g/mol. The molecule has 3 heteroatoms. The quantitative estimate of drug-likeness (QED) is 0.0787. The van der Waals surface area contributed by atoms with Crippen molar-refractivity contribution in [2.24, 2.45) is 5.92 Å². The normalized spacial score (nSPS) is 16.3. The number of carbonyl (C=O) groups excluding carboxylic acids is 2. The lowest BCUT2D eigenvalue weighted by Crippen LogP contribution is -2.22. The minimum absolute atomic E-state index is 0.0664. The fourth-order valence-corrected chi connectivity index (χ4v) is 5.36. The van der Waals surface area contributed by atoms with E-state index >= 15 is 0 Å². The SMILES string of the molecule is CCCCCCCCCCCCCC=C(CCCCCCCCCCCCC)C1CC(=O)NC1=O. The van der Waals surface area contributed by atoms with E-state index in [0.717, 1.165) is 19.3 Å². The summed E-state index contributed by atoms with van der Waals surface area (Å²) in [7, 11) is 0. The first-order valence-electron chi connectivity index (χ1n) is 15.7. The Labute approximate surface area is 218 Å². The van der Waals surface area contributed by atoms with E-state index in [1.165, 1.54) is 140 Å². The van der Waals surface area contributed by atoms with E-state index in [9.17, 15) is 9.59 Å². The minimum Gasteiger partial charge on any atom is -0.296 e. The van der Waals surface area contributed by atoms with Gasteiger partial charge in [0.05, 0.1) is 5.92 Å². The monoisotopic (exact) mass is 489 g/mol. The number of allylic oxidation sites excluding steroid dienone is 1. The molecule has 1 aliphatic heterocycles. The highest BCUT2D eigenvalue weighted by Crippen LogP contribution is 2.27. The highest BCUT2D eigenvalue weighted by molar-refractivity contribution is 6.04. The standard InChI is InChI=1S/C32H59NO2/c1-3-5-7-9-11-13-15-17-19-21-23-25-27-29(30-28-31(34)33-32(30)35)26-24-22-20-18-16-14-12-10-8-6-4-2/h27,30H,3-26,28H2,1-2H3,(H,33,34,35). The summed E-state index contributed by atoms with van der Waals surface area (Å²) in [4.78, 5) is 24.0. The zero-order chi connectivity index (χ0) is 25.4. The van der Waals surface area contributed by atoms with Gasteiger partial charge in [0.1, 0.15) is 0 Å². The molecule has 1 N–H and O–H groups in total. The summed E-state index contributed by atoms with van der Waals surface area (Å²) in [6.07, 6.45) is 34.4. The number of hydrogen-bond acceptors (Lipinski definition) is 2. The molecular formula is C32H59NO2. The van der Waals surface area contributed by atoms with E-state index in [0.29, 0.717) is 6.42 Å². The lowest BCUT2D eigenvalue weighted by molar-refractivity contribution is -0.125. The number of amides is 2. The molecule has 2 amide bonds. The molecule has 0 aliphatic carbocycles. The molecule has 0 spiro atoms. The van der Waals surface area contributed by atoms with Crippen LogP contribution in [0.3, 0.4) is 0 Å². The lowest BCUT2D eigenvalue weighted by Gasteiger charge is -2.13. The third-order valence-electron chi connectivity index (χ3n) is 7.70. The number of hydrogen-bond donors (Lipinski definition) is 1. The molecule has 1 unspecified atom stereocenters. The van der Waals surface area contributed by atoms with Crippen molar-refractivity contribution in [1.82, 2.24) is 5.32 Å². The van der Waals surface area contributed by atoms with Crippen LogP contribution < -0.4 is 5.32 Å². The van der Waals surface area contributed by atoms with Crippen molar-refractivity contribution >= 4 is 11.8 Å². The second-order valence-corrected chi connectivity index (χ2v) is 11.1. The summed E-state index contributed by atoms with van der Waals surface area (Å²) < 4.78 is 0. The molecule has 0 saturated carbocycles. The first-order chi connectivity index (χ1) is 17.2. The van der Waals surface area contributed by atoms with Crippen molar-refractivity contribution in [1.29, 1.82) is 0 Å². The van der Waals surface area contributed by atoms with Crippen LogP contribution in [0.25, 0.3) is 0 Å². The molecule has 1 aliphatic rings. The Kier molecular flexibility index (Phi) is 21.2. The van der Waals surface area contributed by atoms with Crippen LogP contribution in [0.5, 0.6) is 0 Å². The summed E-state index contributed by atoms with van der Waals surface area (Å²) in [6.45, 7) is 4.55. The van der Waals surface area contributed by atoms with Gasteiger partial charge >= 0.3 is 0 Å². The smallest absolute Gasteiger partial charge is 0.234 e. The maximum Gasteiger partial charge on any atom is 0.234 e. The average Bonchev–Trinajstić information content (AvgIpc) is 3.19. The number of carbonyl (C=O) groups is 2. The molecule has 0 bridgehead atoms. The van der Waals surface area contributed by atoms with Gasteiger partial charge in [-0.2, -0.15) is 0 Å². The molecule has 3 nitrogen and oxygen atoms in total. The summed E-state index contributed by atoms with van der Waals surface area (Å²) in [6, 6.07) is 0. The molecule has 0 radical (unpaired) electrons. The highest BCUT2D eigenvalue weighted by atomic mass is 16.2. The van der Waals surface area contributed by atoms with Crippen molar-refractivity contribution in [3.05, 3.63) is 11.6 Å². The van der Waals surface area contributed by atoms with E-state index < -0.39 is 0 Å². The summed E-state index contributed by atoms with van der Waals surface area (Å²) >= 11 is 0. The van der Waals surface area contributed by atoms with Crippen molar-refractivity contribution in [3.8, 4) is 0 Å². The fourth-order valence-electron chi connectivity index (χ4n) is 5.36. The lowest BCUT2D eigenvalue weighted by atomic mass is 9.91. The van der Waals surface area contributed by atoms with E-state index in [2.05, 4.69) is 25.2 Å². The number of rotatable bonds is 25. The van der Waals surface area contributed by atoms with Gasteiger partial charge in [0.25, 0.3) is 0 Å². The minimum atomic E-state index is -0.196. The third-order valence-corrected chi connectivity index (χ3v) is 7.70. The Hall–Kier alpha value is -1.12. The maximum absolute atomic E-state index is 12.3. The maximum atomic E-state index is 12.3. The Balaban J connectivity index is 2.16. The predicted octanol–water partition coefficient (Wildman–Crippen LogP) is 9.98. The van der Waals surface area contributed by atoms with Crippen molar-refractivity contribution in [2.75, 3.05) is 0 Å². The molecule has 35 heavy (non-hydrogen) atoms. The Morgan fingerprint density at radius 3 is 1.43 bits per heavy atom. The molecular weight excluding hydrogens is 430 g/mol.